The van der Waals surface area contributed by atoms with E-state index in [2.05, 4.69) is 228 Å². The summed E-state index contributed by atoms with van der Waals surface area (Å²) < 4.78 is 2.39. The minimum atomic E-state index is 1.10. The molecule has 0 saturated heterocycles. The van der Waals surface area contributed by atoms with Crippen LogP contribution in [-0.2, 0) is 0 Å². The molecule has 0 unspecified atom stereocenters. The fourth-order valence-electron chi connectivity index (χ4n) is 8.03. The average Bonchev–Trinajstić information content (AvgIpc) is 3.60. The zero-order chi connectivity index (χ0) is 35.8. The zero-order valence-electron chi connectivity index (χ0n) is 29.7. The van der Waals surface area contributed by atoms with Crippen LogP contribution in [0, 0.1) is 0 Å². The zero-order valence-corrected chi connectivity index (χ0v) is 29.7. The lowest BCUT2D eigenvalue weighted by Crippen LogP contribution is -2.11. The number of hydrogen-bond donors (Lipinski definition) is 0. The fraction of sp³-hybridized carbons (Fsp3) is 0. The maximum atomic E-state index is 2.41. The van der Waals surface area contributed by atoms with Gasteiger partial charge in [-0.05, 0) is 99.3 Å². The van der Waals surface area contributed by atoms with Gasteiger partial charge in [-0.25, -0.2) is 0 Å². The molecule has 0 atom stereocenters. The number of anilines is 3. The van der Waals surface area contributed by atoms with E-state index in [1.54, 1.807) is 0 Å². The first kappa shape index (κ1) is 31.6. The van der Waals surface area contributed by atoms with Crippen LogP contribution in [0.4, 0.5) is 17.1 Å². The third-order valence-corrected chi connectivity index (χ3v) is 10.6. The molecule has 1 heterocycles. The Balaban J connectivity index is 1.15. The maximum absolute atomic E-state index is 2.41. The Bertz CT molecular complexity index is 2910. The van der Waals surface area contributed by atoms with Crippen molar-refractivity contribution in [2.24, 2.45) is 0 Å². The van der Waals surface area contributed by atoms with Crippen molar-refractivity contribution in [2.75, 3.05) is 4.90 Å². The van der Waals surface area contributed by atoms with E-state index in [-0.39, 0.29) is 0 Å². The first-order valence-electron chi connectivity index (χ1n) is 18.5. The van der Waals surface area contributed by atoms with Gasteiger partial charge in [0.05, 0.1) is 16.7 Å². The van der Waals surface area contributed by atoms with E-state index < -0.39 is 0 Å². The number of rotatable bonds is 7. The highest BCUT2D eigenvalue weighted by atomic mass is 15.1. The van der Waals surface area contributed by atoms with E-state index >= 15 is 0 Å². The van der Waals surface area contributed by atoms with Crippen molar-refractivity contribution in [3.05, 3.63) is 218 Å². The van der Waals surface area contributed by atoms with Gasteiger partial charge < -0.3 is 9.47 Å². The topological polar surface area (TPSA) is 8.17 Å². The Hall–Kier alpha value is -7.16. The van der Waals surface area contributed by atoms with Gasteiger partial charge in [0, 0.05) is 33.4 Å². The van der Waals surface area contributed by atoms with Gasteiger partial charge in [-0.15, -0.1) is 0 Å². The van der Waals surface area contributed by atoms with Crippen LogP contribution < -0.4 is 4.90 Å². The predicted molar refractivity (Wildman–Crippen MR) is 229 cm³/mol. The Morgan fingerprint density at radius 2 is 0.870 bits per heavy atom. The molecule has 0 aliphatic heterocycles. The number of hydrogen-bond acceptors (Lipinski definition) is 1. The molecule has 2 nitrogen and oxygen atoms in total. The summed E-state index contributed by atoms with van der Waals surface area (Å²) in [5.41, 5.74) is 14.0. The second-order valence-electron chi connectivity index (χ2n) is 13.8. The molecule has 0 bridgehead atoms. The van der Waals surface area contributed by atoms with Crippen LogP contribution >= 0.6 is 0 Å². The van der Waals surface area contributed by atoms with Gasteiger partial charge in [0.25, 0.3) is 0 Å². The molecular weight excluding hydrogens is 653 g/mol. The van der Waals surface area contributed by atoms with Crippen molar-refractivity contribution in [1.29, 1.82) is 0 Å². The Morgan fingerprint density at radius 3 is 1.63 bits per heavy atom. The molecule has 0 saturated carbocycles. The van der Waals surface area contributed by atoms with Crippen LogP contribution in [0.1, 0.15) is 0 Å². The van der Waals surface area contributed by atoms with Crippen molar-refractivity contribution >= 4 is 49.6 Å². The largest absolute Gasteiger partial charge is 0.310 e. The van der Waals surface area contributed by atoms with Crippen molar-refractivity contribution < 1.29 is 0 Å². The summed E-state index contributed by atoms with van der Waals surface area (Å²) in [4.78, 5) is 2.41. The van der Waals surface area contributed by atoms with E-state index in [1.165, 1.54) is 66.0 Å². The molecule has 0 aliphatic carbocycles. The molecule has 54 heavy (non-hydrogen) atoms. The summed E-state index contributed by atoms with van der Waals surface area (Å²) >= 11 is 0. The molecule has 1 aromatic heterocycles. The number of para-hydroxylation sites is 3. The lowest BCUT2D eigenvalue weighted by atomic mass is 9.96. The molecule has 0 amide bonds. The second kappa shape index (κ2) is 13.4. The van der Waals surface area contributed by atoms with Crippen LogP contribution in [0.3, 0.4) is 0 Å². The number of fused-ring (bicyclic) bond motifs is 4. The molecule has 0 fully saturated rings. The van der Waals surface area contributed by atoms with E-state index in [4.69, 9.17) is 0 Å². The summed E-state index contributed by atoms with van der Waals surface area (Å²) in [5, 5.41) is 4.98. The van der Waals surface area contributed by atoms with Gasteiger partial charge in [0.15, 0.2) is 0 Å². The average molecular weight is 689 g/mol. The first-order chi connectivity index (χ1) is 26.8. The number of benzene rings is 9. The summed E-state index contributed by atoms with van der Waals surface area (Å²) in [6.07, 6.45) is 0. The molecule has 0 aliphatic rings. The van der Waals surface area contributed by atoms with E-state index in [1.807, 2.05) is 0 Å². The van der Waals surface area contributed by atoms with Gasteiger partial charge >= 0.3 is 0 Å². The predicted octanol–water partition coefficient (Wildman–Crippen LogP) is 14.4. The van der Waals surface area contributed by atoms with Crippen molar-refractivity contribution in [3.63, 3.8) is 0 Å². The summed E-state index contributed by atoms with van der Waals surface area (Å²) in [7, 11) is 0. The summed E-state index contributed by atoms with van der Waals surface area (Å²) in [6, 6.07) is 78.9. The van der Waals surface area contributed by atoms with Gasteiger partial charge in [0.1, 0.15) is 0 Å². The molecule has 0 radical (unpaired) electrons. The lowest BCUT2D eigenvalue weighted by Gasteiger charge is -2.28. The quantitative estimate of drug-likeness (QED) is 0.162. The van der Waals surface area contributed by atoms with Crippen molar-refractivity contribution in [3.8, 4) is 39.1 Å². The minimum Gasteiger partial charge on any atom is -0.310 e. The molecule has 0 spiro atoms. The molecule has 254 valence electrons. The highest BCUT2D eigenvalue weighted by molar-refractivity contribution is 6.17. The highest BCUT2D eigenvalue weighted by Gasteiger charge is 2.21. The van der Waals surface area contributed by atoms with E-state index in [9.17, 15) is 0 Å². The van der Waals surface area contributed by atoms with E-state index in [0.29, 0.717) is 0 Å². The van der Waals surface area contributed by atoms with Crippen LogP contribution in [0.25, 0.3) is 71.6 Å². The van der Waals surface area contributed by atoms with Gasteiger partial charge in [-0.2, -0.15) is 0 Å². The Morgan fingerprint density at radius 1 is 0.333 bits per heavy atom. The lowest BCUT2D eigenvalue weighted by molar-refractivity contribution is 1.18. The smallest absolute Gasteiger partial charge is 0.0547 e. The maximum Gasteiger partial charge on any atom is 0.0547 e. The molecule has 9 aromatic carbocycles. The highest BCUT2D eigenvalue weighted by Crippen LogP contribution is 2.45. The Kier molecular flexibility index (Phi) is 7.85. The molecular formula is C52H36N2. The van der Waals surface area contributed by atoms with Gasteiger partial charge in [-0.3, -0.25) is 0 Å². The molecule has 10 aromatic rings. The van der Waals surface area contributed by atoms with Crippen molar-refractivity contribution in [2.45, 2.75) is 0 Å². The molecule has 10 rings (SSSR count). The van der Waals surface area contributed by atoms with Crippen LogP contribution in [-0.4, -0.2) is 4.57 Å². The first-order valence-corrected chi connectivity index (χ1v) is 18.5. The Labute approximate surface area is 315 Å². The van der Waals surface area contributed by atoms with E-state index in [0.717, 1.165) is 22.7 Å². The molecule has 2 heteroatoms. The van der Waals surface area contributed by atoms with Crippen molar-refractivity contribution in [1.82, 2.24) is 4.57 Å². The van der Waals surface area contributed by atoms with Crippen LogP contribution in [0.2, 0.25) is 0 Å². The SMILES string of the molecule is c1ccc(-c2ccc(N(c3ccc(-c4ccc5ccccc5c4)cc3)c3ccccc3-c3cccc4c3c3ccccc3n4-c3ccccc3)cc2)cc1. The standard InChI is InChI=1S/C52H36N2/c1-3-14-37(15-4-1)39-28-32-44(33-29-39)53(45-34-30-40(31-35-45)42-27-26-38-16-7-8-17-41(38)36-42)49-23-11-9-20-46(49)47-22-13-25-51-52(47)48-21-10-12-24-50(48)54(51)43-18-5-2-6-19-43/h1-36H. The van der Waals surface area contributed by atoms with Crippen LogP contribution in [0.15, 0.2) is 218 Å². The second-order valence-corrected chi connectivity index (χ2v) is 13.8. The number of aromatic nitrogens is 1. The summed E-state index contributed by atoms with van der Waals surface area (Å²) in [5.74, 6) is 0. The third-order valence-electron chi connectivity index (χ3n) is 10.6. The summed E-state index contributed by atoms with van der Waals surface area (Å²) in [6.45, 7) is 0. The minimum absolute atomic E-state index is 1.10. The molecule has 0 N–H and O–H groups in total. The van der Waals surface area contributed by atoms with Gasteiger partial charge in [-0.1, -0.05) is 158 Å². The monoisotopic (exact) mass is 688 g/mol. The van der Waals surface area contributed by atoms with Gasteiger partial charge in [0.2, 0.25) is 0 Å². The normalized spacial score (nSPS) is 11.3. The fourth-order valence-corrected chi connectivity index (χ4v) is 8.03. The van der Waals surface area contributed by atoms with Crippen LogP contribution in [0.5, 0.6) is 0 Å². The third kappa shape index (κ3) is 5.53. The number of nitrogens with zero attached hydrogens (tertiary/aromatic N) is 2.